The summed E-state index contributed by atoms with van der Waals surface area (Å²) < 4.78 is 5.51. The van der Waals surface area contributed by atoms with Gasteiger partial charge in [0.15, 0.2) is 0 Å². The van der Waals surface area contributed by atoms with E-state index < -0.39 is 0 Å². The molecule has 0 heterocycles. The minimum absolute atomic E-state index is 0.0815. The van der Waals surface area contributed by atoms with Crippen LogP contribution in [0.3, 0.4) is 0 Å². The molecule has 0 aliphatic heterocycles. The highest BCUT2D eigenvalue weighted by molar-refractivity contribution is 5.53. The van der Waals surface area contributed by atoms with Crippen molar-refractivity contribution < 1.29 is 9.84 Å². The highest BCUT2D eigenvalue weighted by Crippen LogP contribution is 2.41. The summed E-state index contributed by atoms with van der Waals surface area (Å²) in [7, 11) is 1.67. The number of methoxy groups -OCH3 is 1. The van der Waals surface area contributed by atoms with Crippen molar-refractivity contribution >= 4 is 0 Å². The van der Waals surface area contributed by atoms with Crippen LogP contribution in [-0.4, -0.2) is 12.2 Å². The van der Waals surface area contributed by atoms with Crippen LogP contribution in [0.2, 0.25) is 0 Å². The van der Waals surface area contributed by atoms with E-state index in [-0.39, 0.29) is 11.8 Å². The summed E-state index contributed by atoms with van der Waals surface area (Å²) in [5.74, 6) is 1.29. The largest absolute Gasteiger partial charge is 0.507 e. The molecule has 0 spiro atoms. The molecule has 0 bridgehead atoms. The van der Waals surface area contributed by atoms with E-state index in [0.29, 0.717) is 5.75 Å². The second-order valence-electron chi connectivity index (χ2n) is 6.42. The van der Waals surface area contributed by atoms with E-state index in [2.05, 4.69) is 38.1 Å². The van der Waals surface area contributed by atoms with Crippen LogP contribution in [0.25, 0.3) is 0 Å². The number of benzene rings is 3. The van der Waals surface area contributed by atoms with Gasteiger partial charge in [0.1, 0.15) is 11.5 Å². The van der Waals surface area contributed by atoms with Gasteiger partial charge in [-0.3, -0.25) is 0 Å². The molecule has 25 heavy (non-hydrogen) atoms. The monoisotopic (exact) mass is 332 g/mol. The quantitative estimate of drug-likeness (QED) is 0.649. The maximum atomic E-state index is 11.0. The molecule has 0 saturated carbocycles. The molecule has 1 N–H and O–H groups in total. The van der Waals surface area contributed by atoms with Crippen molar-refractivity contribution in [3.63, 3.8) is 0 Å². The molecule has 0 aromatic heterocycles. The van der Waals surface area contributed by atoms with Gasteiger partial charge in [-0.1, -0.05) is 74.5 Å². The summed E-state index contributed by atoms with van der Waals surface area (Å²) in [4.78, 5) is 0. The Bertz CT molecular complexity index is 759. The molecule has 0 aliphatic rings. The normalized spacial score (nSPS) is 13.2. The predicted molar refractivity (Wildman–Crippen MR) is 103 cm³/mol. The highest BCUT2D eigenvalue weighted by atomic mass is 16.5. The number of hydrogen-bond acceptors (Lipinski definition) is 2. The van der Waals surface area contributed by atoms with Gasteiger partial charge in [0.25, 0.3) is 0 Å². The van der Waals surface area contributed by atoms with Crippen LogP contribution in [0.4, 0.5) is 0 Å². The van der Waals surface area contributed by atoms with Crippen LogP contribution in [0.5, 0.6) is 11.5 Å². The average Bonchev–Trinajstić information content (AvgIpc) is 2.68. The van der Waals surface area contributed by atoms with Gasteiger partial charge in [-0.25, -0.2) is 0 Å². The molecule has 3 aromatic carbocycles. The number of hydrogen-bond donors (Lipinski definition) is 1. The molecule has 2 heteroatoms. The predicted octanol–water partition coefficient (Wildman–Crippen LogP) is 5.70. The van der Waals surface area contributed by atoms with Crippen molar-refractivity contribution in [2.24, 2.45) is 0 Å². The lowest BCUT2D eigenvalue weighted by Gasteiger charge is -2.21. The fourth-order valence-corrected chi connectivity index (χ4v) is 3.27. The molecule has 2 nitrogen and oxygen atoms in total. The molecular formula is C23H24O2. The Morgan fingerprint density at radius 1 is 0.720 bits per heavy atom. The number of ether oxygens (including phenoxy) is 1. The molecule has 2 unspecified atom stereocenters. The van der Waals surface area contributed by atoms with Crippen LogP contribution >= 0.6 is 0 Å². The Kier molecular flexibility index (Phi) is 5.08. The van der Waals surface area contributed by atoms with Crippen LogP contribution in [0.1, 0.15) is 47.9 Å². The summed E-state index contributed by atoms with van der Waals surface area (Å²) in [5, 5.41) is 11.0. The van der Waals surface area contributed by atoms with E-state index in [4.69, 9.17) is 4.74 Å². The number of rotatable bonds is 5. The maximum absolute atomic E-state index is 11.0. The van der Waals surface area contributed by atoms with Crippen molar-refractivity contribution in [1.82, 2.24) is 0 Å². The third kappa shape index (κ3) is 3.53. The van der Waals surface area contributed by atoms with Crippen LogP contribution in [0.15, 0.2) is 72.8 Å². The van der Waals surface area contributed by atoms with Gasteiger partial charge in [-0.15, -0.1) is 0 Å². The standard InChI is InChI=1S/C23H24O2/c1-16(18-10-6-4-7-11-18)21-14-20(25-3)15-22(23(21)24)17(2)19-12-8-5-9-13-19/h4-17,24H,1-3H3. The van der Waals surface area contributed by atoms with Crippen molar-refractivity contribution in [2.45, 2.75) is 25.7 Å². The molecular weight excluding hydrogens is 308 g/mol. The van der Waals surface area contributed by atoms with Crippen LogP contribution in [0, 0.1) is 0 Å². The van der Waals surface area contributed by atoms with Gasteiger partial charge in [0, 0.05) is 23.0 Å². The minimum Gasteiger partial charge on any atom is -0.507 e. The molecule has 128 valence electrons. The summed E-state index contributed by atoms with van der Waals surface area (Å²) in [5.41, 5.74) is 4.13. The second-order valence-corrected chi connectivity index (χ2v) is 6.42. The van der Waals surface area contributed by atoms with Crippen LogP contribution in [-0.2, 0) is 0 Å². The zero-order valence-corrected chi connectivity index (χ0v) is 14.9. The molecule has 0 aliphatic carbocycles. The van der Waals surface area contributed by atoms with E-state index >= 15 is 0 Å². The van der Waals surface area contributed by atoms with E-state index in [9.17, 15) is 5.11 Å². The molecule has 0 amide bonds. The lowest BCUT2D eigenvalue weighted by Crippen LogP contribution is -2.03. The Hall–Kier alpha value is -2.74. The third-order valence-corrected chi connectivity index (χ3v) is 4.91. The molecule has 3 aromatic rings. The van der Waals surface area contributed by atoms with Crippen molar-refractivity contribution in [2.75, 3.05) is 7.11 Å². The van der Waals surface area contributed by atoms with E-state index in [1.165, 1.54) is 11.1 Å². The first-order valence-corrected chi connectivity index (χ1v) is 8.62. The summed E-state index contributed by atoms with van der Waals surface area (Å²) in [6.07, 6.45) is 0. The van der Waals surface area contributed by atoms with Gasteiger partial charge in [0.2, 0.25) is 0 Å². The van der Waals surface area contributed by atoms with Gasteiger partial charge >= 0.3 is 0 Å². The molecule has 2 atom stereocenters. The fourth-order valence-electron chi connectivity index (χ4n) is 3.27. The van der Waals surface area contributed by atoms with E-state index in [1.807, 2.05) is 48.5 Å². The highest BCUT2D eigenvalue weighted by Gasteiger charge is 2.21. The van der Waals surface area contributed by atoms with Gasteiger partial charge in [0.05, 0.1) is 7.11 Å². The van der Waals surface area contributed by atoms with Gasteiger partial charge in [-0.2, -0.15) is 0 Å². The SMILES string of the molecule is COc1cc(C(C)c2ccccc2)c(O)c(C(C)c2ccccc2)c1. The fraction of sp³-hybridized carbons (Fsp3) is 0.217. The number of aromatic hydroxyl groups is 1. The summed E-state index contributed by atoms with van der Waals surface area (Å²) in [6, 6.07) is 24.3. The zero-order chi connectivity index (χ0) is 17.8. The topological polar surface area (TPSA) is 29.5 Å². The van der Waals surface area contributed by atoms with Gasteiger partial charge in [-0.05, 0) is 23.3 Å². The molecule has 0 radical (unpaired) electrons. The first-order valence-electron chi connectivity index (χ1n) is 8.62. The van der Waals surface area contributed by atoms with Crippen molar-refractivity contribution in [1.29, 1.82) is 0 Å². The zero-order valence-electron chi connectivity index (χ0n) is 14.9. The molecule has 0 fully saturated rings. The van der Waals surface area contributed by atoms with E-state index in [0.717, 1.165) is 16.9 Å². The Labute approximate surface area is 149 Å². The number of phenols is 1. The Morgan fingerprint density at radius 3 is 1.48 bits per heavy atom. The molecule has 0 saturated heterocycles. The third-order valence-electron chi connectivity index (χ3n) is 4.91. The van der Waals surface area contributed by atoms with Gasteiger partial charge < -0.3 is 9.84 Å². The first-order chi connectivity index (χ1) is 12.1. The first kappa shape index (κ1) is 17.1. The smallest absolute Gasteiger partial charge is 0.123 e. The van der Waals surface area contributed by atoms with E-state index in [1.54, 1.807) is 7.11 Å². The average molecular weight is 332 g/mol. The summed E-state index contributed by atoms with van der Waals surface area (Å²) in [6.45, 7) is 4.22. The van der Waals surface area contributed by atoms with Crippen molar-refractivity contribution in [3.8, 4) is 11.5 Å². The number of phenolic OH excluding ortho intramolecular Hbond substituents is 1. The maximum Gasteiger partial charge on any atom is 0.123 e. The lowest BCUT2D eigenvalue weighted by molar-refractivity contribution is 0.408. The Morgan fingerprint density at radius 2 is 1.12 bits per heavy atom. The van der Waals surface area contributed by atoms with Crippen LogP contribution < -0.4 is 4.74 Å². The minimum atomic E-state index is 0.0815. The lowest BCUT2D eigenvalue weighted by atomic mass is 9.86. The second kappa shape index (κ2) is 7.43. The van der Waals surface area contributed by atoms with Crippen molar-refractivity contribution in [3.05, 3.63) is 95.1 Å². The molecule has 3 rings (SSSR count). The summed E-state index contributed by atoms with van der Waals surface area (Å²) >= 11 is 0. The Balaban J connectivity index is 2.08.